The van der Waals surface area contributed by atoms with E-state index in [1.165, 1.54) is 13.3 Å². The molecule has 1 saturated heterocycles. The van der Waals surface area contributed by atoms with Gasteiger partial charge in [-0.05, 0) is 37.8 Å². The number of nitrogens with zero attached hydrogens (tertiary/aromatic N) is 2. The van der Waals surface area contributed by atoms with Crippen LogP contribution in [0.25, 0.3) is 0 Å². The highest BCUT2D eigenvalue weighted by molar-refractivity contribution is 6.44. The molecule has 30 heavy (non-hydrogen) atoms. The fourth-order valence-corrected chi connectivity index (χ4v) is 4.39. The van der Waals surface area contributed by atoms with Crippen LogP contribution in [0.5, 0.6) is 5.88 Å². The van der Waals surface area contributed by atoms with E-state index in [0.29, 0.717) is 36.7 Å². The molecule has 2 aliphatic heterocycles. The van der Waals surface area contributed by atoms with Gasteiger partial charge in [0.05, 0.1) is 19.3 Å². The van der Waals surface area contributed by atoms with Gasteiger partial charge in [-0.3, -0.25) is 14.6 Å². The number of carbonyl (C=O) groups excluding carboxylic acids is 2. The third-order valence-corrected chi connectivity index (χ3v) is 6.06. The van der Waals surface area contributed by atoms with E-state index >= 15 is 0 Å². The lowest BCUT2D eigenvalue weighted by atomic mass is 9.74. The number of fused-ring (bicyclic) bond motifs is 1. The number of ketones is 1. The molecule has 0 radical (unpaired) electrons. The number of aromatic nitrogens is 1. The molecule has 3 heterocycles. The molecular weight excluding hydrogens is 386 g/mol. The van der Waals surface area contributed by atoms with E-state index in [9.17, 15) is 14.7 Å². The Bertz CT molecular complexity index is 858. The zero-order valence-corrected chi connectivity index (χ0v) is 17.0. The molecule has 160 valence electrons. The van der Waals surface area contributed by atoms with Crippen molar-refractivity contribution in [2.75, 3.05) is 20.3 Å². The molecule has 8 nitrogen and oxygen atoms in total. The third kappa shape index (κ3) is 4.29. The van der Waals surface area contributed by atoms with Gasteiger partial charge in [-0.25, -0.2) is 4.98 Å². The van der Waals surface area contributed by atoms with Crippen molar-refractivity contribution < 1.29 is 24.2 Å². The number of ether oxygens (including phenoxy) is 2. The molecule has 8 heteroatoms. The number of hydrogen-bond acceptors (Lipinski definition) is 7. The Kier molecular flexibility index (Phi) is 6.24. The van der Waals surface area contributed by atoms with Crippen molar-refractivity contribution in [3.05, 3.63) is 35.5 Å². The average Bonchev–Trinajstić information content (AvgIpc) is 2.79. The zero-order valence-electron chi connectivity index (χ0n) is 17.0. The van der Waals surface area contributed by atoms with E-state index in [4.69, 9.17) is 9.47 Å². The predicted molar refractivity (Wildman–Crippen MR) is 110 cm³/mol. The van der Waals surface area contributed by atoms with Crippen molar-refractivity contribution in [2.45, 2.75) is 50.3 Å². The van der Waals surface area contributed by atoms with Crippen LogP contribution in [0.1, 0.15) is 42.5 Å². The molecule has 4 rings (SSSR count). The molecule has 3 aliphatic rings. The Morgan fingerprint density at radius 1 is 1.20 bits per heavy atom. The summed E-state index contributed by atoms with van der Waals surface area (Å²) in [4.78, 5) is 34.9. The van der Waals surface area contributed by atoms with Crippen molar-refractivity contribution in [3.8, 4) is 5.88 Å². The van der Waals surface area contributed by atoms with Crippen LogP contribution in [0.2, 0.25) is 0 Å². The standard InChI is InChI=1S/C22H27N3O5/c1-29-19-6-5-13(12-23-19)21(27)16-11-17(22(28)24-14-7-9-30-10-8-14)25-20-15(16)3-2-4-18(20)26/h5-6,11-12,14-15,18,20,26H,2-4,7-10H2,1H3,(H,24,28). The van der Waals surface area contributed by atoms with Crippen LogP contribution in [0.3, 0.4) is 0 Å². The summed E-state index contributed by atoms with van der Waals surface area (Å²) in [5, 5.41) is 13.5. The SMILES string of the molecule is COc1ccc(C(=O)C2=CC(C(=O)NC3CCOCC3)=NC3C(O)CCCC23)cn1. The second-order valence-electron chi connectivity index (χ2n) is 7.99. The number of amides is 1. The molecule has 1 amide bonds. The monoisotopic (exact) mass is 413 g/mol. The number of aliphatic hydroxyl groups is 1. The molecule has 1 saturated carbocycles. The molecule has 1 aliphatic carbocycles. The van der Waals surface area contributed by atoms with Gasteiger partial charge < -0.3 is 19.9 Å². The molecule has 0 bridgehead atoms. The van der Waals surface area contributed by atoms with Crippen molar-refractivity contribution in [1.82, 2.24) is 10.3 Å². The smallest absolute Gasteiger partial charge is 0.269 e. The van der Waals surface area contributed by atoms with Gasteiger partial charge in [0.15, 0.2) is 5.78 Å². The van der Waals surface area contributed by atoms with E-state index in [0.717, 1.165) is 25.7 Å². The van der Waals surface area contributed by atoms with Gasteiger partial charge in [-0.1, -0.05) is 6.42 Å². The lowest BCUT2D eigenvalue weighted by molar-refractivity contribution is -0.116. The third-order valence-electron chi connectivity index (χ3n) is 6.06. The van der Waals surface area contributed by atoms with Crippen LogP contribution in [0.4, 0.5) is 0 Å². The fourth-order valence-electron chi connectivity index (χ4n) is 4.39. The summed E-state index contributed by atoms with van der Waals surface area (Å²) in [6.07, 6.45) is 6.09. The van der Waals surface area contributed by atoms with Gasteiger partial charge in [0.1, 0.15) is 5.71 Å². The van der Waals surface area contributed by atoms with Gasteiger partial charge in [-0.2, -0.15) is 0 Å². The highest BCUT2D eigenvalue weighted by Crippen LogP contribution is 2.36. The summed E-state index contributed by atoms with van der Waals surface area (Å²) in [5.41, 5.74) is 1.14. The van der Waals surface area contributed by atoms with E-state index in [1.54, 1.807) is 18.2 Å². The molecule has 2 N–H and O–H groups in total. The molecule has 1 aromatic heterocycles. The quantitative estimate of drug-likeness (QED) is 0.708. The maximum atomic E-state index is 13.3. The average molecular weight is 413 g/mol. The number of Topliss-reactive ketones (excluding diaryl/α,β-unsaturated/α-hetero) is 1. The number of aliphatic hydroxyl groups excluding tert-OH is 1. The lowest BCUT2D eigenvalue weighted by Crippen LogP contribution is -2.46. The summed E-state index contributed by atoms with van der Waals surface area (Å²) < 4.78 is 10.4. The number of hydrogen-bond donors (Lipinski definition) is 2. The Hall–Kier alpha value is -2.58. The van der Waals surface area contributed by atoms with Crippen LogP contribution < -0.4 is 10.1 Å². The first-order valence-electron chi connectivity index (χ1n) is 10.5. The number of rotatable bonds is 5. The minimum atomic E-state index is -0.667. The number of aliphatic imine (C=N–C) groups is 1. The predicted octanol–water partition coefficient (Wildman–Crippen LogP) is 1.48. The molecule has 1 aromatic rings. The van der Waals surface area contributed by atoms with Gasteiger partial charge in [0.2, 0.25) is 5.88 Å². The van der Waals surface area contributed by atoms with Crippen molar-refractivity contribution in [3.63, 3.8) is 0 Å². The van der Waals surface area contributed by atoms with Crippen LogP contribution in [-0.2, 0) is 9.53 Å². The van der Waals surface area contributed by atoms with Gasteiger partial charge >= 0.3 is 0 Å². The van der Waals surface area contributed by atoms with Crippen molar-refractivity contribution in [1.29, 1.82) is 0 Å². The number of carbonyl (C=O) groups is 2. The van der Waals surface area contributed by atoms with Crippen molar-refractivity contribution >= 4 is 17.4 Å². The molecular formula is C22H27N3O5. The first kappa shape index (κ1) is 20.7. The summed E-state index contributed by atoms with van der Waals surface area (Å²) in [6, 6.07) is 2.85. The second kappa shape index (κ2) is 9.06. The lowest BCUT2D eigenvalue weighted by Gasteiger charge is -2.37. The Morgan fingerprint density at radius 3 is 2.70 bits per heavy atom. The minimum absolute atomic E-state index is 0.0290. The summed E-state index contributed by atoms with van der Waals surface area (Å²) in [5.74, 6) is -0.284. The van der Waals surface area contributed by atoms with E-state index in [-0.39, 0.29) is 29.4 Å². The molecule has 3 atom stereocenters. The summed E-state index contributed by atoms with van der Waals surface area (Å²) in [6.45, 7) is 1.23. The minimum Gasteiger partial charge on any atom is -0.481 e. The van der Waals surface area contributed by atoms with E-state index < -0.39 is 12.1 Å². The second-order valence-corrected chi connectivity index (χ2v) is 7.99. The zero-order chi connectivity index (χ0) is 21.1. The number of pyridine rings is 1. The van der Waals surface area contributed by atoms with Gasteiger partial charge in [0, 0.05) is 48.6 Å². The number of dihydropyridines is 1. The summed E-state index contributed by atoms with van der Waals surface area (Å²) in [7, 11) is 1.52. The maximum Gasteiger partial charge on any atom is 0.269 e. The number of nitrogens with one attached hydrogen (secondary N) is 1. The Labute approximate surface area is 175 Å². The molecule has 3 unspecified atom stereocenters. The van der Waals surface area contributed by atoms with Crippen LogP contribution in [0.15, 0.2) is 35.0 Å². The van der Waals surface area contributed by atoms with Gasteiger partial charge in [0.25, 0.3) is 5.91 Å². The molecule has 0 aromatic carbocycles. The van der Waals surface area contributed by atoms with E-state index in [1.807, 2.05) is 0 Å². The maximum absolute atomic E-state index is 13.3. The largest absolute Gasteiger partial charge is 0.481 e. The topological polar surface area (TPSA) is 110 Å². The fraction of sp³-hybridized carbons (Fsp3) is 0.545. The highest BCUT2D eigenvalue weighted by atomic mass is 16.5. The van der Waals surface area contributed by atoms with E-state index in [2.05, 4.69) is 15.3 Å². The summed E-state index contributed by atoms with van der Waals surface area (Å²) >= 11 is 0. The Morgan fingerprint density at radius 2 is 2.00 bits per heavy atom. The normalized spacial score (nSPS) is 26.8. The van der Waals surface area contributed by atoms with Crippen LogP contribution in [0, 0.1) is 5.92 Å². The van der Waals surface area contributed by atoms with Crippen LogP contribution in [-0.4, -0.2) is 66.0 Å². The number of methoxy groups -OCH3 is 1. The molecule has 0 spiro atoms. The van der Waals surface area contributed by atoms with Crippen LogP contribution >= 0.6 is 0 Å². The molecule has 2 fully saturated rings. The Balaban J connectivity index is 1.61. The highest BCUT2D eigenvalue weighted by Gasteiger charge is 2.40. The van der Waals surface area contributed by atoms with Gasteiger partial charge in [-0.15, -0.1) is 0 Å². The first-order valence-corrected chi connectivity index (χ1v) is 10.5. The van der Waals surface area contributed by atoms with Crippen molar-refractivity contribution in [2.24, 2.45) is 10.9 Å². The first-order chi connectivity index (χ1) is 14.6.